The number of aliphatic hydroxyl groups is 1. The molecule has 0 aromatic heterocycles. The van der Waals surface area contributed by atoms with E-state index in [0.717, 1.165) is 4.47 Å². The molecule has 19 heavy (non-hydrogen) atoms. The lowest BCUT2D eigenvalue weighted by molar-refractivity contribution is -0.146. The summed E-state index contributed by atoms with van der Waals surface area (Å²) in [5.41, 5.74) is 0. The number of nitrogens with one attached hydrogen (secondary N) is 1. The van der Waals surface area contributed by atoms with Gasteiger partial charge in [0.15, 0.2) is 12.6 Å². The number of esters is 1. The molecule has 0 fully saturated rings. The van der Waals surface area contributed by atoms with Crippen molar-refractivity contribution in [2.45, 2.75) is 6.04 Å². The number of rotatable bonds is 6. The minimum atomic E-state index is -1.08. The Balaban J connectivity index is 2.42. The van der Waals surface area contributed by atoms with Gasteiger partial charge in [0, 0.05) is 4.47 Å². The summed E-state index contributed by atoms with van der Waals surface area (Å²) in [6.45, 7) is -0.786. The van der Waals surface area contributed by atoms with Crippen LogP contribution in [0.15, 0.2) is 28.7 Å². The predicted octanol–water partition coefficient (Wildman–Crippen LogP) is 0.478. The van der Waals surface area contributed by atoms with Gasteiger partial charge < -0.3 is 19.9 Å². The summed E-state index contributed by atoms with van der Waals surface area (Å²) in [6.07, 6.45) is 0. The summed E-state index contributed by atoms with van der Waals surface area (Å²) in [5, 5.41) is 11.2. The molecule has 0 saturated carbocycles. The fraction of sp³-hybridized carbons (Fsp3) is 0.333. The van der Waals surface area contributed by atoms with Gasteiger partial charge in [0.1, 0.15) is 5.75 Å². The number of hydrogen-bond donors (Lipinski definition) is 2. The van der Waals surface area contributed by atoms with E-state index >= 15 is 0 Å². The molecule has 0 aliphatic rings. The Morgan fingerprint density at radius 3 is 2.53 bits per heavy atom. The number of hydrogen-bond acceptors (Lipinski definition) is 5. The number of halogens is 1. The zero-order valence-corrected chi connectivity index (χ0v) is 11.8. The highest BCUT2D eigenvalue weighted by Crippen LogP contribution is 2.15. The Morgan fingerprint density at radius 2 is 2.00 bits per heavy atom. The van der Waals surface area contributed by atoms with Crippen molar-refractivity contribution < 1.29 is 24.2 Å². The standard InChI is InChI=1S/C12H14BrNO5/c1-18-12(17)10(6-15)14-11(16)7-19-9-4-2-8(13)3-5-9/h2-5,10,15H,6-7H2,1H3,(H,14,16). The molecule has 0 aliphatic carbocycles. The Bertz CT molecular complexity index is 434. The molecule has 0 spiro atoms. The molecule has 0 saturated heterocycles. The van der Waals surface area contributed by atoms with Gasteiger partial charge in [0.05, 0.1) is 13.7 Å². The normalized spacial score (nSPS) is 11.5. The lowest BCUT2D eigenvalue weighted by atomic mass is 10.3. The van der Waals surface area contributed by atoms with E-state index in [4.69, 9.17) is 9.84 Å². The Hall–Kier alpha value is -1.60. The molecule has 0 radical (unpaired) electrons. The van der Waals surface area contributed by atoms with Crippen molar-refractivity contribution in [2.75, 3.05) is 20.3 Å². The molecule has 0 aliphatic heterocycles. The molecule has 104 valence electrons. The summed E-state index contributed by atoms with van der Waals surface area (Å²) >= 11 is 3.28. The Labute approximate surface area is 118 Å². The minimum Gasteiger partial charge on any atom is -0.484 e. The molecular weight excluding hydrogens is 318 g/mol. The average molecular weight is 332 g/mol. The van der Waals surface area contributed by atoms with E-state index in [1.165, 1.54) is 7.11 Å². The van der Waals surface area contributed by atoms with Crippen LogP contribution in [0.25, 0.3) is 0 Å². The first-order valence-electron chi connectivity index (χ1n) is 5.43. The van der Waals surface area contributed by atoms with Crippen LogP contribution in [0.4, 0.5) is 0 Å². The molecule has 1 unspecified atom stereocenters. The van der Waals surface area contributed by atoms with Gasteiger partial charge in [-0.1, -0.05) is 15.9 Å². The van der Waals surface area contributed by atoms with Crippen molar-refractivity contribution in [1.82, 2.24) is 5.32 Å². The molecule has 1 aromatic rings. The molecule has 0 bridgehead atoms. The largest absolute Gasteiger partial charge is 0.484 e. The van der Waals surface area contributed by atoms with Crippen molar-refractivity contribution in [3.8, 4) is 5.75 Å². The van der Waals surface area contributed by atoms with Crippen LogP contribution in [0, 0.1) is 0 Å². The lowest BCUT2D eigenvalue weighted by Crippen LogP contribution is -2.45. The van der Waals surface area contributed by atoms with Gasteiger partial charge in [-0.25, -0.2) is 4.79 Å². The maximum absolute atomic E-state index is 11.5. The van der Waals surface area contributed by atoms with Crippen LogP contribution in [0.2, 0.25) is 0 Å². The van der Waals surface area contributed by atoms with Crippen LogP contribution in [-0.4, -0.2) is 43.3 Å². The van der Waals surface area contributed by atoms with E-state index in [1.807, 2.05) is 0 Å². The Kier molecular flexibility index (Phi) is 6.31. The van der Waals surface area contributed by atoms with Crippen LogP contribution in [0.5, 0.6) is 5.75 Å². The summed E-state index contributed by atoms with van der Waals surface area (Å²) < 4.78 is 10.5. The second-order valence-electron chi connectivity index (χ2n) is 3.57. The van der Waals surface area contributed by atoms with Crippen molar-refractivity contribution >= 4 is 27.8 Å². The molecule has 1 rings (SSSR count). The summed E-state index contributed by atoms with van der Waals surface area (Å²) in [6, 6.07) is 5.87. The minimum absolute atomic E-state index is 0.255. The number of aliphatic hydroxyl groups excluding tert-OH is 1. The van der Waals surface area contributed by atoms with Gasteiger partial charge in [-0.15, -0.1) is 0 Å². The third-order valence-electron chi connectivity index (χ3n) is 2.19. The molecule has 6 nitrogen and oxygen atoms in total. The van der Waals surface area contributed by atoms with E-state index in [9.17, 15) is 9.59 Å². The summed E-state index contributed by atoms with van der Waals surface area (Å²) in [4.78, 5) is 22.7. The van der Waals surface area contributed by atoms with Crippen LogP contribution in [0.3, 0.4) is 0 Å². The van der Waals surface area contributed by atoms with Gasteiger partial charge in [-0.05, 0) is 24.3 Å². The number of methoxy groups -OCH3 is 1. The molecule has 1 aromatic carbocycles. The fourth-order valence-electron chi connectivity index (χ4n) is 1.24. The second-order valence-corrected chi connectivity index (χ2v) is 4.48. The zero-order chi connectivity index (χ0) is 14.3. The van der Waals surface area contributed by atoms with Gasteiger partial charge >= 0.3 is 5.97 Å². The quantitative estimate of drug-likeness (QED) is 0.740. The van der Waals surface area contributed by atoms with Crippen molar-refractivity contribution in [3.05, 3.63) is 28.7 Å². The van der Waals surface area contributed by atoms with Crippen molar-refractivity contribution in [2.24, 2.45) is 0 Å². The third-order valence-corrected chi connectivity index (χ3v) is 2.72. The second kappa shape index (κ2) is 7.75. The van der Waals surface area contributed by atoms with E-state index in [2.05, 4.69) is 26.0 Å². The topological polar surface area (TPSA) is 84.9 Å². The first-order valence-corrected chi connectivity index (χ1v) is 6.22. The van der Waals surface area contributed by atoms with Gasteiger partial charge in [0.25, 0.3) is 5.91 Å². The zero-order valence-electron chi connectivity index (χ0n) is 10.3. The molecule has 0 heterocycles. The van der Waals surface area contributed by atoms with Gasteiger partial charge in [0.2, 0.25) is 0 Å². The van der Waals surface area contributed by atoms with Gasteiger partial charge in [-0.2, -0.15) is 0 Å². The van der Waals surface area contributed by atoms with E-state index < -0.39 is 24.5 Å². The average Bonchev–Trinajstić information content (AvgIpc) is 2.43. The highest BCUT2D eigenvalue weighted by Gasteiger charge is 2.20. The number of amides is 1. The van der Waals surface area contributed by atoms with Crippen molar-refractivity contribution in [3.63, 3.8) is 0 Å². The number of benzene rings is 1. The fourth-order valence-corrected chi connectivity index (χ4v) is 1.50. The van der Waals surface area contributed by atoms with Crippen LogP contribution < -0.4 is 10.1 Å². The molecule has 2 N–H and O–H groups in total. The molecule has 7 heteroatoms. The Morgan fingerprint density at radius 1 is 1.37 bits per heavy atom. The highest BCUT2D eigenvalue weighted by atomic mass is 79.9. The maximum Gasteiger partial charge on any atom is 0.330 e. The SMILES string of the molecule is COC(=O)C(CO)NC(=O)COc1ccc(Br)cc1. The maximum atomic E-state index is 11.5. The smallest absolute Gasteiger partial charge is 0.330 e. The van der Waals surface area contributed by atoms with E-state index in [1.54, 1.807) is 24.3 Å². The third kappa shape index (κ3) is 5.27. The van der Waals surface area contributed by atoms with Crippen LogP contribution in [0.1, 0.15) is 0 Å². The molecular formula is C12H14BrNO5. The lowest BCUT2D eigenvalue weighted by Gasteiger charge is -2.14. The number of carbonyl (C=O) groups excluding carboxylic acids is 2. The molecule has 1 atom stereocenters. The predicted molar refractivity (Wildman–Crippen MR) is 70.7 cm³/mol. The van der Waals surface area contributed by atoms with Crippen LogP contribution >= 0.6 is 15.9 Å². The number of ether oxygens (including phenoxy) is 2. The van der Waals surface area contributed by atoms with Crippen molar-refractivity contribution in [1.29, 1.82) is 0 Å². The first kappa shape index (κ1) is 15.5. The van der Waals surface area contributed by atoms with E-state index in [-0.39, 0.29) is 6.61 Å². The first-order chi connectivity index (χ1) is 9.06. The van der Waals surface area contributed by atoms with Crippen LogP contribution in [-0.2, 0) is 14.3 Å². The summed E-state index contributed by atoms with van der Waals surface area (Å²) in [7, 11) is 1.18. The number of carbonyl (C=O) groups is 2. The molecule has 1 amide bonds. The van der Waals surface area contributed by atoms with Gasteiger partial charge in [-0.3, -0.25) is 4.79 Å². The monoisotopic (exact) mass is 331 g/mol. The highest BCUT2D eigenvalue weighted by molar-refractivity contribution is 9.10. The van der Waals surface area contributed by atoms with E-state index in [0.29, 0.717) is 5.75 Å². The summed E-state index contributed by atoms with van der Waals surface area (Å²) in [5.74, 6) is -0.705.